The second-order valence-electron chi connectivity index (χ2n) is 3.37. The minimum Gasteiger partial charge on any atom is -0.378 e. The predicted molar refractivity (Wildman–Crippen MR) is 59.3 cm³/mol. The first-order chi connectivity index (χ1) is 7.31. The normalized spacial score (nSPS) is 16.5. The van der Waals surface area contributed by atoms with E-state index in [1.807, 2.05) is 6.07 Å². The maximum Gasteiger partial charge on any atom is 0.235 e. The van der Waals surface area contributed by atoms with Crippen molar-refractivity contribution in [2.75, 3.05) is 31.2 Å². The summed E-state index contributed by atoms with van der Waals surface area (Å²) in [5.74, 6) is 0. The molecule has 2 rings (SSSR count). The molecule has 1 aromatic carbocycles. The van der Waals surface area contributed by atoms with E-state index in [9.17, 15) is 4.79 Å². The second-order valence-corrected chi connectivity index (χ2v) is 3.77. The number of morpholine rings is 1. The highest BCUT2D eigenvalue weighted by Gasteiger charge is 2.12. The number of ether oxygens (including phenoxy) is 1. The van der Waals surface area contributed by atoms with Gasteiger partial charge in [0.25, 0.3) is 0 Å². The average molecular weight is 225 g/mol. The Hall–Kier alpha value is -1.06. The van der Waals surface area contributed by atoms with Crippen molar-refractivity contribution < 1.29 is 9.53 Å². The predicted octanol–water partition coefficient (Wildman–Crippen LogP) is 1.63. The van der Waals surface area contributed by atoms with Crippen LogP contribution in [-0.4, -0.2) is 32.6 Å². The lowest BCUT2D eigenvalue weighted by molar-refractivity contribution is 0.122. The van der Waals surface area contributed by atoms with E-state index in [1.54, 1.807) is 18.4 Å². The van der Waals surface area contributed by atoms with E-state index < -0.39 is 0 Å². The van der Waals surface area contributed by atoms with Gasteiger partial charge >= 0.3 is 0 Å². The van der Waals surface area contributed by atoms with Crippen LogP contribution in [0.1, 0.15) is 5.56 Å². The third-order valence-electron chi connectivity index (χ3n) is 2.44. The zero-order chi connectivity index (χ0) is 10.7. The molecule has 0 bridgehead atoms. The van der Waals surface area contributed by atoms with Crippen LogP contribution in [-0.2, 0) is 9.53 Å². The van der Waals surface area contributed by atoms with Gasteiger partial charge in [-0.05, 0) is 18.2 Å². The summed E-state index contributed by atoms with van der Waals surface area (Å²) in [5.41, 5.74) is 1.44. The summed E-state index contributed by atoms with van der Waals surface area (Å²) >= 11 is 5.93. The number of hydrogen-bond donors (Lipinski definition) is 0. The highest BCUT2D eigenvalue weighted by atomic mass is 35.5. The Morgan fingerprint density at radius 2 is 2.07 bits per heavy atom. The summed E-state index contributed by atoms with van der Waals surface area (Å²) in [6.07, 6.45) is 1.80. The summed E-state index contributed by atoms with van der Waals surface area (Å²) in [4.78, 5) is 12.7. The number of nitrogens with zero attached hydrogens (tertiary/aromatic N) is 1. The van der Waals surface area contributed by atoms with E-state index in [1.165, 1.54) is 0 Å². The Morgan fingerprint density at radius 1 is 1.33 bits per heavy atom. The van der Waals surface area contributed by atoms with Crippen LogP contribution in [0.15, 0.2) is 18.2 Å². The molecular weight excluding hydrogens is 214 g/mol. The molecular formula is C11H11ClNO2. The smallest absolute Gasteiger partial charge is 0.235 e. The van der Waals surface area contributed by atoms with Crippen LogP contribution in [0.2, 0.25) is 5.02 Å². The number of benzene rings is 1. The quantitative estimate of drug-likeness (QED) is 0.765. The van der Waals surface area contributed by atoms with E-state index in [2.05, 4.69) is 4.90 Å². The lowest BCUT2D eigenvalue weighted by Crippen LogP contribution is -2.36. The molecule has 1 radical (unpaired) electrons. The van der Waals surface area contributed by atoms with Crippen molar-refractivity contribution in [1.29, 1.82) is 0 Å². The lowest BCUT2D eigenvalue weighted by atomic mass is 10.2. The molecule has 0 spiro atoms. The minimum atomic E-state index is 0.411. The molecule has 1 aromatic rings. The van der Waals surface area contributed by atoms with Crippen molar-refractivity contribution in [3.63, 3.8) is 0 Å². The Morgan fingerprint density at radius 3 is 2.67 bits per heavy atom. The maximum atomic E-state index is 10.5. The number of carbonyl (C=O) groups excluding carboxylic acids is 1. The van der Waals surface area contributed by atoms with Crippen LogP contribution in [0.4, 0.5) is 5.69 Å². The fourth-order valence-electron chi connectivity index (χ4n) is 1.61. The first kappa shape index (κ1) is 10.5. The highest BCUT2D eigenvalue weighted by Crippen LogP contribution is 2.23. The zero-order valence-corrected chi connectivity index (χ0v) is 8.96. The Kier molecular flexibility index (Phi) is 3.23. The van der Waals surface area contributed by atoms with Crippen molar-refractivity contribution in [2.45, 2.75) is 0 Å². The molecule has 0 N–H and O–H groups in total. The molecule has 0 unspecified atom stereocenters. The van der Waals surface area contributed by atoms with Crippen molar-refractivity contribution in [1.82, 2.24) is 0 Å². The van der Waals surface area contributed by atoms with Crippen LogP contribution in [0, 0.1) is 0 Å². The molecule has 79 valence electrons. The first-order valence-corrected chi connectivity index (χ1v) is 5.19. The highest BCUT2D eigenvalue weighted by molar-refractivity contribution is 6.33. The van der Waals surface area contributed by atoms with E-state index >= 15 is 0 Å². The molecule has 0 aromatic heterocycles. The summed E-state index contributed by atoms with van der Waals surface area (Å²) < 4.78 is 5.26. The van der Waals surface area contributed by atoms with Crippen LogP contribution in [0.3, 0.4) is 0 Å². The van der Waals surface area contributed by atoms with E-state index in [4.69, 9.17) is 16.3 Å². The van der Waals surface area contributed by atoms with Crippen molar-refractivity contribution in [3.05, 3.63) is 28.8 Å². The van der Waals surface area contributed by atoms with Crippen molar-refractivity contribution >= 4 is 23.6 Å². The minimum absolute atomic E-state index is 0.411. The third-order valence-corrected chi connectivity index (χ3v) is 2.75. The molecule has 1 fully saturated rings. The molecule has 1 aliphatic heterocycles. The molecule has 0 amide bonds. The number of anilines is 1. The Labute approximate surface area is 93.6 Å². The fraction of sp³-hybridized carbons (Fsp3) is 0.364. The van der Waals surface area contributed by atoms with Gasteiger partial charge in [0.2, 0.25) is 6.29 Å². The molecule has 15 heavy (non-hydrogen) atoms. The Balaban J connectivity index is 2.21. The van der Waals surface area contributed by atoms with Gasteiger partial charge in [-0.1, -0.05) is 11.6 Å². The van der Waals surface area contributed by atoms with Gasteiger partial charge in [-0.2, -0.15) is 0 Å². The topological polar surface area (TPSA) is 29.5 Å². The van der Waals surface area contributed by atoms with Gasteiger partial charge < -0.3 is 9.64 Å². The van der Waals surface area contributed by atoms with E-state index in [0.29, 0.717) is 10.6 Å². The molecule has 0 saturated carbocycles. The van der Waals surface area contributed by atoms with Crippen LogP contribution < -0.4 is 4.90 Å². The monoisotopic (exact) mass is 224 g/mol. The van der Waals surface area contributed by atoms with Crippen molar-refractivity contribution in [3.8, 4) is 0 Å². The number of hydrogen-bond acceptors (Lipinski definition) is 3. The SMILES string of the molecule is O=[C]c1ccc(N2CCOCC2)cc1Cl. The molecule has 1 saturated heterocycles. The number of rotatable bonds is 2. The lowest BCUT2D eigenvalue weighted by Gasteiger charge is -2.29. The number of halogens is 1. The van der Waals surface area contributed by atoms with Gasteiger partial charge in [0.15, 0.2) is 0 Å². The molecule has 0 atom stereocenters. The maximum absolute atomic E-state index is 10.5. The average Bonchev–Trinajstić information content (AvgIpc) is 2.30. The Bertz CT molecular complexity index is 362. The van der Waals surface area contributed by atoms with E-state index in [0.717, 1.165) is 32.0 Å². The molecule has 1 aliphatic rings. The summed E-state index contributed by atoms with van der Waals surface area (Å²) in [6.45, 7) is 3.19. The fourth-order valence-corrected chi connectivity index (χ4v) is 1.82. The molecule has 3 nitrogen and oxygen atoms in total. The van der Waals surface area contributed by atoms with E-state index in [-0.39, 0.29) is 0 Å². The molecule has 1 heterocycles. The molecule has 0 aliphatic carbocycles. The van der Waals surface area contributed by atoms with Gasteiger partial charge in [-0.3, -0.25) is 4.79 Å². The summed E-state index contributed by atoms with van der Waals surface area (Å²) in [7, 11) is 0. The second kappa shape index (κ2) is 4.64. The van der Waals surface area contributed by atoms with Crippen molar-refractivity contribution in [2.24, 2.45) is 0 Å². The van der Waals surface area contributed by atoms with Gasteiger partial charge in [0.05, 0.1) is 18.2 Å². The van der Waals surface area contributed by atoms with Gasteiger partial charge in [-0.25, -0.2) is 0 Å². The summed E-state index contributed by atoms with van der Waals surface area (Å²) in [6, 6.07) is 5.38. The van der Waals surface area contributed by atoms with Gasteiger partial charge in [0, 0.05) is 24.3 Å². The van der Waals surface area contributed by atoms with Gasteiger partial charge in [0.1, 0.15) is 0 Å². The largest absolute Gasteiger partial charge is 0.378 e. The van der Waals surface area contributed by atoms with Crippen LogP contribution >= 0.6 is 11.6 Å². The zero-order valence-electron chi connectivity index (χ0n) is 8.20. The van der Waals surface area contributed by atoms with Gasteiger partial charge in [-0.15, -0.1) is 0 Å². The first-order valence-electron chi connectivity index (χ1n) is 4.81. The standard InChI is InChI=1S/C11H11ClNO2/c12-11-7-10(2-1-9(11)8-14)13-3-5-15-6-4-13/h1-2,7H,3-6H2. The van der Waals surface area contributed by atoms with Crippen LogP contribution in [0.25, 0.3) is 0 Å². The summed E-state index contributed by atoms with van der Waals surface area (Å²) in [5, 5.41) is 0.453. The molecule has 4 heteroatoms. The van der Waals surface area contributed by atoms with Crippen LogP contribution in [0.5, 0.6) is 0 Å². The third kappa shape index (κ3) is 2.30.